The maximum Gasteiger partial charge on any atom is 0.335 e. The molecule has 1 unspecified atom stereocenters. The van der Waals surface area contributed by atoms with Gasteiger partial charge in [-0.2, -0.15) is 5.10 Å². The summed E-state index contributed by atoms with van der Waals surface area (Å²) in [7, 11) is 0.341. The fraction of sp³-hybridized carbons (Fsp3) is 0.286. The molecule has 0 amide bonds. The Morgan fingerprint density at radius 2 is 2.10 bits per heavy atom. The third kappa shape index (κ3) is 3.16. The summed E-state index contributed by atoms with van der Waals surface area (Å²) in [5.41, 5.74) is 2.24. The Bertz CT molecular complexity index is 740. The number of halogens is 1. The highest BCUT2D eigenvalue weighted by Gasteiger charge is 2.17. The molecular weight excluding hydrogens is 312 g/mol. The molecule has 0 saturated heterocycles. The zero-order valence-corrected chi connectivity index (χ0v) is 13.5. The van der Waals surface area contributed by atoms with Crippen molar-refractivity contribution in [3.8, 4) is 0 Å². The monoisotopic (exact) mass is 326 g/mol. The molecule has 2 aromatic rings. The number of hydrogen-bond donors (Lipinski definition) is 1. The fourth-order valence-electron chi connectivity index (χ4n) is 2.03. The smallest absolute Gasteiger partial charge is 0.335 e. The standard InChI is InChI=1S/C14H15ClN2O3S/c1-8-4-5-10(6-11(8)14(18)19)21(20)7-12-9(2)16-17(3)13(12)15/h4-6H,7H2,1-3H3,(H,18,19). The number of aromatic nitrogens is 2. The van der Waals surface area contributed by atoms with Gasteiger partial charge in [-0.1, -0.05) is 17.7 Å². The van der Waals surface area contributed by atoms with Gasteiger partial charge in [0.25, 0.3) is 0 Å². The number of benzene rings is 1. The minimum atomic E-state index is -1.38. The zero-order valence-electron chi connectivity index (χ0n) is 11.9. The summed E-state index contributed by atoms with van der Waals surface area (Å²) in [5, 5.41) is 13.7. The molecule has 0 aliphatic carbocycles. The molecule has 0 aliphatic rings. The molecule has 1 heterocycles. The summed E-state index contributed by atoms with van der Waals surface area (Å²) >= 11 is 6.12. The molecule has 0 spiro atoms. The molecule has 112 valence electrons. The topological polar surface area (TPSA) is 72.2 Å². The van der Waals surface area contributed by atoms with E-state index < -0.39 is 16.8 Å². The predicted molar refractivity (Wildman–Crippen MR) is 81.2 cm³/mol. The van der Waals surface area contributed by atoms with Crippen LogP contribution < -0.4 is 0 Å². The number of carboxylic acid groups (broad SMARTS) is 1. The maximum atomic E-state index is 12.4. The van der Waals surface area contributed by atoms with Crippen molar-refractivity contribution in [2.24, 2.45) is 7.05 Å². The average Bonchev–Trinajstić information content (AvgIpc) is 2.65. The van der Waals surface area contributed by atoms with E-state index in [2.05, 4.69) is 5.10 Å². The molecule has 0 radical (unpaired) electrons. The van der Waals surface area contributed by atoms with Gasteiger partial charge in [-0.15, -0.1) is 0 Å². The van der Waals surface area contributed by atoms with Gasteiger partial charge in [-0.3, -0.25) is 8.89 Å². The molecule has 21 heavy (non-hydrogen) atoms. The van der Waals surface area contributed by atoms with Crippen LogP contribution >= 0.6 is 11.6 Å². The fourth-order valence-corrected chi connectivity index (χ4v) is 3.59. The Morgan fingerprint density at radius 1 is 1.43 bits per heavy atom. The van der Waals surface area contributed by atoms with Crippen LogP contribution in [0.15, 0.2) is 23.1 Å². The normalized spacial score (nSPS) is 12.4. The summed E-state index contributed by atoms with van der Waals surface area (Å²) < 4.78 is 14.0. The van der Waals surface area contributed by atoms with E-state index in [0.717, 1.165) is 11.3 Å². The zero-order chi connectivity index (χ0) is 15.7. The van der Waals surface area contributed by atoms with Crippen LogP contribution in [0.3, 0.4) is 0 Å². The summed E-state index contributed by atoms with van der Waals surface area (Å²) in [6, 6.07) is 4.79. The van der Waals surface area contributed by atoms with Crippen molar-refractivity contribution < 1.29 is 14.1 Å². The third-order valence-electron chi connectivity index (χ3n) is 3.25. The van der Waals surface area contributed by atoms with Crippen LogP contribution in [0, 0.1) is 13.8 Å². The van der Waals surface area contributed by atoms with E-state index in [4.69, 9.17) is 16.7 Å². The first kappa shape index (κ1) is 15.7. The van der Waals surface area contributed by atoms with Crippen LogP contribution in [0.5, 0.6) is 0 Å². The summed E-state index contributed by atoms with van der Waals surface area (Å²) in [4.78, 5) is 11.6. The largest absolute Gasteiger partial charge is 0.478 e. The van der Waals surface area contributed by atoms with Crippen molar-refractivity contribution in [3.05, 3.63) is 45.7 Å². The van der Waals surface area contributed by atoms with E-state index in [1.807, 2.05) is 0 Å². The number of aromatic carboxylic acids is 1. The Labute approximate surface area is 130 Å². The number of nitrogens with zero attached hydrogens (tertiary/aromatic N) is 2. The first-order chi connectivity index (χ1) is 9.81. The molecular formula is C14H15ClN2O3S. The van der Waals surface area contributed by atoms with Crippen LogP contribution in [0.1, 0.15) is 27.2 Å². The summed E-state index contributed by atoms with van der Waals surface area (Å²) in [6.45, 7) is 3.51. The van der Waals surface area contributed by atoms with Gasteiger partial charge < -0.3 is 5.11 Å². The molecule has 5 nitrogen and oxygen atoms in total. The van der Waals surface area contributed by atoms with E-state index in [9.17, 15) is 9.00 Å². The van der Waals surface area contributed by atoms with Gasteiger partial charge in [0.05, 0.1) is 27.8 Å². The first-order valence-corrected chi connectivity index (χ1v) is 7.91. The minimum Gasteiger partial charge on any atom is -0.478 e. The Hall–Kier alpha value is -1.66. The summed E-state index contributed by atoms with van der Waals surface area (Å²) in [6.07, 6.45) is 0. The molecule has 0 saturated carbocycles. The van der Waals surface area contributed by atoms with Crippen LogP contribution in [-0.2, 0) is 23.6 Å². The molecule has 0 aliphatic heterocycles. The van der Waals surface area contributed by atoms with Crippen molar-refractivity contribution in [2.75, 3.05) is 0 Å². The number of hydrogen-bond acceptors (Lipinski definition) is 3. The first-order valence-electron chi connectivity index (χ1n) is 6.21. The SMILES string of the molecule is Cc1ccc(S(=O)Cc2c(C)nn(C)c2Cl)cc1C(=O)O. The van der Waals surface area contributed by atoms with Crippen molar-refractivity contribution in [1.82, 2.24) is 9.78 Å². The Morgan fingerprint density at radius 3 is 2.62 bits per heavy atom. The average molecular weight is 327 g/mol. The van der Waals surface area contributed by atoms with Crippen LogP contribution in [-0.4, -0.2) is 25.1 Å². The number of carbonyl (C=O) groups is 1. The lowest BCUT2D eigenvalue weighted by Crippen LogP contribution is -2.03. The molecule has 0 bridgehead atoms. The highest BCUT2D eigenvalue weighted by atomic mass is 35.5. The van der Waals surface area contributed by atoms with Gasteiger partial charge in [0.1, 0.15) is 5.15 Å². The number of carboxylic acids is 1. The van der Waals surface area contributed by atoms with Crippen molar-refractivity contribution in [1.29, 1.82) is 0 Å². The second-order valence-electron chi connectivity index (χ2n) is 4.75. The van der Waals surface area contributed by atoms with E-state index >= 15 is 0 Å². The van der Waals surface area contributed by atoms with Gasteiger partial charge in [-0.25, -0.2) is 4.79 Å². The quantitative estimate of drug-likeness (QED) is 0.937. The van der Waals surface area contributed by atoms with Gasteiger partial charge in [-0.05, 0) is 31.5 Å². The van der Waals surface area contributed by atoms with E-state index in [0.29, 0.717) is 15.6 Å². The van der Waals surface area contributed by atoms with Crippen LogP contribution in [0.4, 0.5) is 0 Å². The second-order valence-corrected chi connectivity index (χ2v) is 6.56. The molecule has 7 heteroatoms. The van der Waals surface area contributed by atoms with Crippen molar-refractivity contribution in [3.63, 3.8) is 0 Å². The lowest BCUT2D eigenvalue weighted by atomic mass is 10.1. The Kier molecular flexibility index (Phi) is 4.49. The van der Waals surface area contributed by atoms with Gasteiger partial charge in [0.15, 0.2) is 0 Å². The molecule has 1 atom stereocenters. The minimum absolute atomic E-state index is 0.162. The van der Waals surface area contributed by atoms with E-state index in [1.54, 1.807) is 33.0 Å². The summed E-state index contributed by atoms with van der Waals surface area (Å²) in [5.74, 6) is -0.817. The Balaban J connectivity index is 2.33. The second kappa shape index (κ2) is 5.99. The lowest BCUT2D eigenvalue weighted by molar-refractivity contribution is 0.0696. The molecule has 1 aromatic heterocycles. The van der Waals surface area contributed by atoms with Gasteiger partial charge in [0, 0.05) is 17.5 Å². The molecule has 0 fully saturated rings. The third-order valence-corrected chi connectivity index (χ3v) is 5.05. The maximum absolute atomic E-state index is 12.4. The number of rotatable bonds is 4. The molecule has 1 aromatic carbocycles. The molecule has 2 rings (SSSR count). The van der Waals surface area contributed by atoms with Crippen molar-refractivity contribution in [2.45, 2.75) is 24.5 Å². The van der Waals surface area contributed by atoms with E-state index in [-0.39, 0.29) is 11.3 Å². The van der Waals surface area contributed by atoms with Crippen molar-refractivity contribution >= 4 is 28.4 Å². The van der Waals surface area contributed by atoms with Crippen LogP contribution in [0.25, 0.3) is 0 Å². The number of aryl methyl sites for hydroxylation is 3. The lowest BCUT2D eigenvalue weighted by Gasteiger charge is -2.06. The predicted octanol–water partition coefficient (Wildman–Crippen LogP) is 2.70. The molecule has 1 N–H and O–H groups in total. The van der Waals surface area contributed by atoms with Gasteiger partial charge in [0.2, 0.25) is 0 Å². The highest BCUT2D eigenvalue weighted by molar-refractivity contribution is 7.84. The van der Waals surface area contributed by atoms with E-state index in [1.165, 1.54) is 10.7 Å². The van der Waals surface area contributed by atoms with Gasteiger partial charge >= 0.3 is 5.97 Å². The van der Waals surface area contributed by atoms with Crippen LogP contribution in [0.2, 0.25) is 5.15 Å². The highest BCUT2D eigenvalue weighted by Crippen LogP contribution is 2.23.